The SMILES string of the molecule is O=C(Oc1ccccc1)c1cc(C(=O)OC2CCCCC2)c(C(=O)OC2CCCCC2)cc1C(=O)OC1CCCCC1. The molecule has 3 aliphatic rings. The highest BCUT2D eigenvalue weighted by molar-refractivity contribution is 6.10. The van der Waals surface area contributed by atoms with Crippen molar-refractivity contribution in [1.82, 2.24) is 0 Å². The first-order valence-corrected chi connectivity index (χ1v) is 15.6. The molecule has 8 nitrogen and oxygen atoms in total. The summed E-state index contributed by atoms with van der Waals surface area (Å²) in [6, 6.07) is 11.0. The predicted molar refractivity (Wildman–Crippen MR) is 155 cm³/mol. The Bertz CT molecular complexity index is 1250. The number of carbonyl (C=O) groups excluding carboxylic acids is 4. The van der Waals surface area contributed by atoms with E-state index in [9.17, 15) is 19.2 Å². The number of ether oxygens (including phenoxy) is 4. The van der Waals surface area contributed by atoms with Crippen molar-refractivity contribution in [2.45, 2.75) is 115 Å². The van der Waals surface area contributed by atoms with Crippen molar-refractivity contribution in [3.8, 4) is 5.75 Å². The van der Waals surface area contributed by atoms with Gasteiger partial charge in [0.15, 0.2) is 0 Å². The first-order valence-electron chi connectivity index (χ1n) is 15.6. The molecule has 5 rings (SSSR count). The Morgan fingerprint density at radius 2 is 0.786 bits per heavy atom. The summed E-state index contributed by atoms with van der Waals surface area (Å²) >= 11 is 0. The van der Waals surface area contributed by atoms with E-state index in [4.69, 9.17) is 18.9 Å². The lowest BCUT2D eigenvalue weighted by Crippen LogP contribution is -2.27. The minimum Gasteiger partial charge on any atom is -0.459 e. The first-order chi connectivity index (χ1) is 20.5. The van der Waals surface area contributed by atoms with Crippen LogP contribution in [0.3, 0.4) is 0 Å². The Morgan fingerprint density at radius 3 is 1.14 bits per heavy atom. The Kier molecular flexibility index (Phi) is 10.3. The molecule has 0 aromatic heterocycles. The Hall–Kier alpha value is -3.68. The third-order valence-electron chi connectivity index (χ3n) is 8.47. The van der Waals surface area contributed by atoms with Gasteiger partial charge in [-0.1, -0.05) is 37.5 Å². The fourth-order valence-electron chi connectivity index (χ4n) is 6.12. The highest BCUT2D eigenvalue weighted by Crippen LogP contribution is 2.29. The van der Waals surface area contributed by atoms with Gasteiger partial charge in [-0.25, -0.2) is 19.2 Å². The summed E-state index contributed by atoms with van der Waals surface area (Å²) in [5, 5.41) is 0. The van der Waals surface area contributed by atoms with E-state index in [0.29, 0.717) is 0 Å². The van der Waals surface area contributed by atoms with Gasteiger partial charge in [0, 0.05) is 0 Å². The van der Waals surface area contributed by atoms with E-state index in [0.717, 1.165) is 96.3 Å². The van der Waals surface area contributed by atoms with Crippen molar-refractivity contribution in [2.24, 2.45) is 0 Å². The second-order valence-electron chi connectivity index (χ2n) is 11.6. The summed E-state index contributed by atoms with van der Waals surface area (Å²) < 4.78 is 23.0. The zero-order chi connectivity index (χ0) is 29.3. The summed E-state index contributed by atoms with van der Waals surface area (Å²) in [7, 11) is 0. The average molecular weight is 577 g/mol. The molecule has 224 valence electrons. The maximum Gasteiger partial charge on any atom is 0.344 e. The minimum atomic E-state index is -0.837. The van der Waals surface area contributed by atoms with E-state index in [1.54, 1.807) is 30.3 Å². The second kappa shape index (κ2) is 14.5. The van der Waals surface area contributed by atoms with Crippen LogP contribution in [-0.4, -0.2) is 42.2 Å². The van der Waals surface area contributed by atoms with Gasteiger partial charge in [-0.15, -0.1) is 0 Å². The Morgan fingerprint density at radius 1 is 0.452 bits per heavy atom. The molecule has 3 fully saturated rings. The minimum absolute atomic E-state index is 0.103. The Labute approximate surface area is 247 Å². The summed E-state index contributed by atoms with van der Waals surface area (Å²) in [6.45, 7) is 0. The molecule has 0 spiro atoms. The fraction of sp³-hybridized carbons (Fsp3) is 0.529. The van der Waals surface area contributed by atoms with Crippen LogP contribution >= 0.6 is 0 Å². The average Bonchev–Trinajstić information content (AvgIpc) is 3.02. The largest absolute Gasteiger partial charge is 0.459 e. The third-order valence-corrected chi connectivity index (χ3v) is 8.47. The molecule has 3 aliphatic carbocycles. The van der Waals surface area contributed by atoms with Gasteiger partial charge in [0.2, 0.25) is 0 Å². The number of esters is 4. The highest BCUT2D eigenvalue weighted by Gasteiger charge is 2.32. The molecular formula is C34H40O8. The molecule has 8 heteroatoms. The molecule has 2 aromatic rings. The molecule has 0 aliphatic heterocycles. The van der Waals surface area contributed by atoms with Gasteiger partial charge in [-0.3, -0.25) is 0 Å². The highest BCUT2D eigenvalue weighted by atomic mass is 16.6. The van der Waals surface area contributed by atoms with Crippen LogP contribution in [0.15, 0.2) is 42.5 Å². The van der Waals surface area contributed by atoms with Gasteiger partial charge in [-0.2, -0.15) is 0 Å². The van der Waals surface area contributed by atoms with E-state index in [1.165, 1.54) is 12.1 Å². The van der Waals surface area contributed by atoms with Gasteiger partial charge in [0.25, 0.3) is 0 Å². The van der Waals surface area contributed by atoms with Gasteiger partial charge >= 0.3 is 23.9 Å². The van der Waals surface area contributed by atoms with Crippen LogP contribution in [0, 0.1) is 0 Å². The summed E-state index contributed by atoms with van der Waals surface area (Å²) in [5.74, 6) is -2.73. The number of hydrogen-bond donors (Lipinski definition) is 0. The van der Waals surface area contributed by atoms with Crippen molar-refractivity contribution in [1.29, 1.82) is 0 Å². The van der Waals surface area contributed by atoms with Gasteiger partial charge in [0.05, 0.1) is 22.3 Å². The van der Waals surface area contributed by atoms with Crippen LogP contribution in [0.4, 0.5) is 0 Å². The van der Waals surface area contributed by atoms with Crippen LogP contribution < -0.4 is 4.74 Å². The lowest BCUT2D eigenvalue weighted by molar-refractivity contribution is 0.0160. The van der Waals surface area contributed by atoms with Crippen molar-refractivity contribution in [3.05, 3.63) is 64.7 Å². The molecule has 0 amide bonds. The van der Waals surface area contributed by atoms with Crippen LogP contribution in [0.25, 0.3) is 0 Å². The molecule has 2 aromatic carbocycles. The summed E-state index contributed by atoms with van der Waals surface area (Å²) in [4.78, 5) is 54.2. The van der Waals surface area contributed by atoms with Gasteiger partial charge in [0.1, 0.15) is 24.1 Å². The number of para-hydroxylation sites is 1. The van der Waals surface area contributed by atoms with Crippen molar-refractivity contribution < 1.29 is 38.1 Å². The summed E-state index contributed by atoms with van der Waals surface area (Å²) in [5.41, 5.74) is -0.514. The molecule has 0 saturated heterocycles. The number of rotatable bonds is 8. The van der Waals surface area contributed by atoms with E-state index in [2.05, 4.69) is 0 Å². The zero-order valence-electron chi connectivity index (χ0n) is 24.1. The van der Waals surface area contributed by atoms with E-state index in [-0.39, 0.29) is 46.3 Å². The van der Waals surface area contributed by atoms with Crippen LogP contribution in [0.2, 0.25) is 0 Å². The fourth-order valence-corrected chi connectivity index (χ4v) is 6.12. The van der Waals surface area contributed by atoms with Crippen LogP contribution in [-0.2, 0) is 14.2 Å². The normalized spacial score (nSPS) is 18.6. The molecule has 0 heterocycles. The van der Waals surface area contributed by atoms with Gasteiger partial charge in [-0.05, 0) is 101 Å². The van der Waals surface area contributed by atoms with E-state index < -0.39 is 23.9 Å². The van der Waals surface area contributed by atoms with Crippen molar-refractivity contribution >= 4 is 23.9 Å². The molecule has 0 bridgehead atoms. The molecule has 3 saturated carbocycles. The Balaban J connectivity index is 1.52. The molecule has 42 heavy (non-hydrogen) atoms. The predicted octanol–water partition coefficient (Wildman–Crippen LogP) is 7.37. The molecule has 0 atom stereocenters. The molecule has 0 unspecified atom stereocenters. The molecular weight excluding hydrogens is 536 g/mol. The summed E-state index contributed by atoms with van der Waals surface area (Å²) in [6.07, 6.45) is 12.6. The van der Waals surface area contributed by atoms with E-state index >= 15 is 0 Å². The number of benzene rings is 2. The maximum absolute atomic E-state index is 13.6. The molecule has 0 N–H and O–H groups in total. The molecule has 0 radical (unpaired) electrons. The van der Waals surface area contributed by atoms with Crippen molar-refractivity contribution in [2.75, 3.05) is 0 Å². The quantitative estimate of drug-likeness (QED) is 0.182. The van der Waals surface area contributed by atoms with Gasteiger partial charge < -0.3 is 18.9 Å². The maximum atomic E-state index is 13.6. The number of hydrogen-bond acceptors (Lipinski definition) is 8. The van der Waals surface area contributed by atoms with Crippen LogP contribution in [0.1, 0.15) is 138 Å². The topological polar surface area (TPSA) is 105 Å². The zero-order valence-corrected chi connectivity index (χ0v) is 24.1. The van der Waals surface area contributed by atoms with E-state index in [1.807, 2.05) is 0 Å². The smallest absolute Gasteiger partial charge is 0.344 e. The third kappa shape index (κ3) is 7.78. The number of carbonyl (C=O) groups is 4. The van der Waals surface area contributed by atoms with Crippen molar-refractivity contribution in [3.63, 3.8) is 0 Å². The standard InChI is InChI=1S/C34H40O8/c35-31(39-23-13-5-1-6-14-23)27-21-29(33(37)41-25-17-9-3-10-18-25)30(34(38)42-26-19-11-4-12-20-26)22-28(27)32(36)40-24-15-7-2-8-16-24/h1,5-6,13-14,21-22,24-26H,2-4,7-12,15-20H2. The first kappa shape index (κ1) is 29.8. The lowest BCUT2D eigenvalue weighted by atomic mass is 9.95. The second-order valence-corrected chi connectivity index (χ2v) is 11.6. The lowest BCUT2D eigenvalue weighted by Gasteiger charge is -2.25. The van der Waals surface area contributed by atoms with Crippen LogP contribution in [0.5, 0.6) is 5.75 Å². The monoisotopic (exact) mass is 576 g/mol.